The molecule has 3 atom stereocenters. The molecule has 0 saturated heterocycles. The van der Waals surface area contributed by atoms with Crippen molar-refractivity contribution in [2.24, 2.45) is 11.5 Å². The zero-order chi connectivity index (χ0) is 23.1. The van der Waals surface area contributed by atoms with Crippen LogP contribution in [0.3, 0.4) is 0 Å². The van der Waals surface area contributed by atoms with Gasteiger partial charge in [-0.15, -0.1) is 0 Å². The fourth-order valence-electron chi connectivity index (χ4n) is 2.24. The molecule has 0 aliphatic carbocycles. The van der Waals surface area contributed by atoms with Gasteiger partial charge in [0.15, 0.2) is 0 Å². The van der Waals surface area contributed by atoms with Crippen molar-refractivity contribution in [3.8, 4) is 0 Å². The molecule has 3 unspecified atom stereocenters. The van der Waals surface area contributed by atoms with Gasteiger partial charge in [0.2, 0.25) is 23.6 Å². The Morgan fingerprint density at radius 3 is 2.03 bits per heavy atom. The van der Waals surface area contributed by atoms with E-state index in [0.29, 0.717) is 24.3 Å². The topological polar surface area (TPSA) is 194 Å². The van der Waals surface area contributed by atoms with E-state index in [0.717, 1.165) is 0 Å². The summed E-state index contributed by atoms with van der Waals surface area (Å²) in [5.74, 6) is -2.48. The lowest BCUT2D eigenvalue weighted by atomic mass is 10.1. The molecule has 0 aliphatic heterocycles. The van der Waals surface area contributed by atoms with Crippen LogP contribution in [0.5, 0.6) is 0 Å². The van der Waals surface area contributed by atoms with Crippen molar-refractivity contribution in [2.75, 3.05) is 30.6 Å². The molecular weight excluding hydrogens is 434 g/mol. The average molecular weight is 466 g/mol. The van der Waals surface area contributed by atoms with Gasteiger partial charge in [0, 0.05) is 6.42 Å². The number of amides is 4. The second-order valence-electron chi connectivity index (χ2n) is 6.41. The van der Waals surface area contributed by atoms with Gasteiger partial charge < -0.3 is 32.5 Å². The molecule has 8 N–H and O–H groups in total. The summed E-state index contributed by atoms with van der Waals surface area (Å²) in [6.45, 7) is -0.483. The largest absolute Gasteiger partial charge is 0.480 e. The number of rotatable bonds is 16. The first kappa shape index (κ1) is 28.0. The third-order valence-corrected chi connectivity index (χ3v) is 5.24. The highest BCUT2D eigenvalue weighted by Gasteiger charge is 2.25. The van der Waals surface area contributed by atoms with Crippen molar-refractivity contribution in [3.63, 3.8) is 0 Å². The van der Waals surface area contributed by atoms with Gasteiger partial charge in [-0.1, -0.05) is 0 Å². The van der Waals surface area contributed by atoms with E-state index < -0.39 is 54.3 Å². The third kappa shape index (κ3) is 12.5. The molecule has 172 valence electrons. The number of carboxylic acid groups (broad SMARTS) is 1. The van der Waals surface area contributed by atoms with Gasteiger partial charge in [-0.3, -0.25) is 19.2 Å². The Kier molecular flexibility index (Phi) is 14.7. The summed E-state index contributed by atoms with van der Waals surface area (Å²) >= 11 is 3.05. The van der Waals surface area contributed by atoms with E-state index >= 15 is 0 Å². The smallest absolute Gasteiger partial charge is 0.326 e. The molecular formula is C17H31N5O6S2. The summed E-state index contributed by atoms with van der Waals surface area (Å²) < 4.78 is 0. The van der Waals surface area contributed by atoms with Gasteiger partial charge in [-0.05, 0) is 43.3 Å². The van der Waals surface area contributed by atoms with Crippen LogP contribution in [0, 0.1) is 0 Å². The average Bonchev–Trinajstić information content (AvgIpc) is 2.69. The van der Waals surface area contributed by atoms with Gasteiger partial charge in [0.05, 0.1) is 12.6 Å². The highest BCUT2D eigenvalue weighted by atomic mass is 32.2. The van der Waals surface area contributed by atoms with Crippen LogP contribution in [0.4, 0.5) is 0 Å². The van der Waals surface area contributed by atoms with E-state index in [1.54, 1.807) is 11.8 Å². The standard InChI is InChI=1S/C17H31N5O6S2/c1-29-7-5-10(18)15(25)22-11(6-8-30-2)16(26)20-9-14(24)21-12(17(27)28)3-4-13(19)23/h10-12H,3-9,18H2,1-2H3,(H2,19,23)(H,20,26)(H,21,24)(H,22,25)(H,27,28). The summed E-state index contributed by atoms with van der Waals surface area (Å²) in [5.41, 5.74) is 10.8. The van der Waals surface area contributed by atoms with Crippen LogP contribution >= 0.6 is 23.5 Å². The number of carbonyl (C=O) groups is 5. The quantitative estimate of drug-likeness (QED) is 0.153. The van der Waals surface area contributed by atoms with E-state index in [4.69, 9.17) is 16.6 Å². The SMILES string of the molecule is CSCCC(N)C(=O)NC(CCSC)C(=O)NCC(=O)NC(CCC(N)=O)C(=O)O. The van der Waals surface area contributed by atoms with Crippen molar-refractivity contribution in [3.05, 3.63) is 0 Å². The molecule has 11 nitrogen and oxygen atoms in total. The second-order valence-corrected chi connectivity index (χ2v) is 8.38. The molecule has 0 saturated carbocycles. The number of thioether (sulfide) groups is 2. The first-order valence-corrected chi connectivity index (χ1v) is 12.0. The Morgan fingerprint density at radius 1 is 0.900 bits per heavy atom. The second kappa shape index (κ2) is 15.8. The molecule has 30 heavy (non-hydrogen) atoms. The molecule has 0 aromatic heterocycles. The van der Waals surface area contributed by atoms with Crippen LogP contribution in [0.25, 0.3) is 0 Å². The fourth-order valence-corrected chi connectivity index (χ4v) is 3.20. The number of aliphatic carboxylic acids is 1. The van der Waals surface area contributed by atoms with Crippen LogP contribution in [-0.2, 0) is 24.0 Å². The molecule has 0 aromatic carbocycles. The molecule has 0 spiro atoms. The maximum absolute atomic E-state index is 12.4. The lowest BCUT2D eigenvalue weighted by molar-refractivity contribution is -0.142. The van der Waals surface area contributed by atoms with E-state index in [9.17, 15) is 24.0 Å². The normalized spacial score (nSPS) is 13.6. The molecule has 13 heteroatoms. The Morgan fingerprint density at radius 2 is 1.50 bits per heavy atom. The van der Waals surface area contributed by atoms with E-state index in [2.05, 4.69) is 16.0 Å². The monoisotopic (exact) mass is 465 g/mol. The van der Waals surface area contributed by atoms with Gasteiger partial charge in [-0.25, -0.2) is 4.79 Å². The van der Waals surface area contributed by atoms with Crippen LogP contribution in [0.15, 0.2) is 0 Å². The highest BCUT2D eigenvalue weighted by molar-refractivity contribution is 7.98. The molecule has 0 fully saturated rings. The maximum Gasteiger partial charge on any atom is 0.326 e. The third-order valence-electron chi connectivity index (χ3n) is 3.95. The molecule has 0 aliphatic rings. The molecule has 0 rings (SSSR count). The van der Waals surface area contributed by atoms with Crippen LogP contribution in [-0.4, -0.2) is 83.4 Å². The summed E-state index contributed by atoms with van der Waals surface area (Å²) in [4.78, 5) is 58.5. The number of carboxylic acids is 1. The minimum atomic E-state index is -1.32. The van der Waals surface area contributed by atoms with E-state index in [1.807, 2.05) is 12.5 Å². The van der Waals surface area contributed by atoms with Crippen molar-refractivity contribution in [1.82, 2.24) is 16.0 Å². The Bertz CT molecular complexity index is 607. The summed E-state index contributed by atoms with van der Waals surface area (Å²) in [5, 5.41) is 16.3. The van der Waals surface area contributed by atoms with Crippen molar-refractivity contribution < 1.29 is 29.1 Å². The Labute approximate surface area is 184 Å². The number of hydrogen-bond acceptors (Lipinski definition) is 8. The maximum atomic E-state index is 12.4. The summed E-state index contributed by atoms with van der Waals surface area (Å²) in [6.07, 6.45) is 4.19. The molecule has 4 amide bonds. The minimum absolute atomic E-state index is 0.162. The Hall–Kier alpha value is -1.99. The fraction of sp³-hybridized carbons (Fsp3) is 0.706. The zero-order valence-electron chi connectivity index (χ0n) is 17.1. The number of hydrogen-bond donors (Lipinski definition) is 6. The van der Waals surface area contributed by atoms with Crippen LogP contribution in [0.2, 0.25) is 0 Å². The Balaban J connectivity index is 4.74. The number of primary amides is 1. The van der Waals surface area contributed by atoms with Crippen molar-refractivity contribution in [2.45, 2.75) is 43.8 Å². The molecule has 0 heterocycles. The number of nitrogens with two attached hydrogens (primary N) is 2. The van der Waals surface area contributed by atoms with Crippen molar-refractivity contribution in [1.29, 1.82) is 0 Å². The predicted octanol–water partition coefficient (Wildman–Crippen LogP) is -1.74. The number of carbonyl (C=O) groups excluding carboxylic acids is 4. The molecule has 0 radical (unpaired) electrons. The van der Waals surface area contributed by atoms with E-state index in [1.165, 1.54) is 11.8 Å². The lowest BCUT2D eigenvalue weighted by Gasteiger charge is -2.20. The highest BCUT2D eigenvalue weighted by Crippen LogP contribution is 2.04. The zero-order valence-corrected chi connectivity index (χ0v) is 18.8. The predicted molar refractivity (Wildman–Crippen MR) is 117 cm³/mol. The van der Waals surface area contributed by atoms with Crippen LogP contribution in [0.1, 0.15) is 25.7 Å². The summed E-state index contributed by atoms with van der Waals surface area (Å²) in [6, 6.07) is -2.92. The minimum Gasteiger partial charge on any atom is -0.480 e. The summed E-state index contributed by atoms with van der Waals surface area (Å²) in [7, 11) is 0. The first-order valence-electron chi connectivity index (χ1n) is 9.24. The van der Waals surface area contributed by atoms with Gasteiger partial charge >= 0.3 is 5.97 Å². The van der Waals surface area contributed by atoms with Gasteiger partial charge in [0.25, 0.3) is 0 Å². The van der Waals surface area contributed by atoms with Gasteiger partial charge in [-0.2, -0.15) is 23.5 Å². The van der Waals surface area contributed by atoms with Crippen molar-refractivity contribution >= 4 is 53.1 Å². The lowest BCUT2D eigenvalue weighted by Crippen LogP contribution is -2.53. The number of nitrogens with one attached hydrogen (secondary N) is 3. The van der Waals surface area contributed by atoms with Gasteiger partial charge in [0.1, 0.15) is 12.1 Å². The molecule has 0 aromatic rings. The molecule has 0 bridgehead atoms. The van der Waals surface area contributed by atoms with Crippen LogP contribution < -0.4 is 27.4 Å². The first-order chi connectivity index (χ1) is 14.1. The van der Waals surface area contributed by atoms with E-state index in [-0.39, 0.29) is 12.8 Å².